The van der Waals surface area contributed by atoms with E-state index in [4.69, 9.17) is 17.3 Å². The van der Waals surface area contributed by atoms with E-state index in [-0.39, 0.29) is 11.5 Å². The van der Waals surface area contributed by atoms with Crippen LogP contribution in [0.4, 0.5) is 11.6 Å². The number of piperidine rings is 1. The Kier molecular flexibility index (Phi) is 6.32. The van der Waals surface area contributed by atoms with E-state index in [9.17, 15) is 4.79 Å². The summed E-state index contributed by atoms with van der Waals surface area (Å²) in [5, 5.41) is 1.40. The fourth-order valence-electron chi connectivity index (χ4n) is 4.50. The number of ketones is 1. The van der Waals surface area contributed by atoms with Crippen LogP contribution in [0.1, 0.15) is 49.4 Å². The van der Waals surface area contributed by atoms with Crippen molar-refractivity contribution in [3.05, 3.63) is 59.2 Å². The van der Waals surface area contributed by atoms with Crippen LogP contribution in [0.3, 0.4) is 0 Å². The summed E-state index contributed by atoms with van der Waals surface area (Å²) in [6.45, 7) is 6.39. The molecule has 8 nitrogen and oxygen atoms in total. The average Bonchev–Trinajstić information content (AvgIpc) is 3.19. The molecule has 3 aliphatic rings. The van der Waals surface area contributed by atoms with Crippen LogP contribution >= 0.6 is 0 Å². The predicted molar refractivity (Wildman–Crippen MR) is 126 cm³/mol. The van der Waals surface area contributed by atoms with Gasteiger partial charge in [-0.3, -0.25) is 4.79 Å². The summed E-state index contributed by atoms with van der Waals surface area (Å²) in [4.78, 5) is 22.2. The van der Waals surface area contributed by atoms with E-state index < -0.39 is 0 Å². The Balaban J connectivity index is 0.000000186. The molecule has 2 aromatic heterocycles. The topological polar surface area (TPSA) is 127 Å². The lowest BCUT2D eigenvalue weighted by molar-refractivity contribution is -0.113. The molecular weight excluding hydrogens is 402 g/mol. The molecular formula is C24H33N7O. The molecule has 8 heteroatoms. The number of hydrogen-bond donors (Lipinski definition) is 3. The number of aryl methyl sites for hydroxylation is 1. The third-order valence-corrected chi connectivity index (χ3v) is 6.56. The van der Waals surface area contributed by atoms with Gasteiger partial charge in [-0.15, -0.1) is 0 Å². The smallest absolute Gasteiger partial charge is 0.176 e. The van der Waals surface area contributed by atoms with Crippen LogP contribution in [0.15, 0.2) is 42.4 Å². The highest BCUT2D eigenvalue weighted by Gasteiger charge is 2.45. The molecule has 2 fully saturated rings. The number of nitrogens with two attached hydrogens (primary N) is 3. The van der Waals surface area contributed by atoms with Gasteiger partial charge in [0, 0.05) is 38.1 Å². The van der Waals surface area contributed by atoms with Crippen molar-refractivity contribution in [1.82, 2.24) is 15.0 Å². The van der Waals surface area contributed by atoms with Crippen LogP contribution in [-0.2, 0) is 17.8 Å². The zero-order valence-corrected chi connectivity index (χ0v) is 18.9. The number of Topliss-reactive ketones (excluding diaryl/α,β-unsaturated/α-hetero) is 1. The largest absolute Gasteiger partial charge is 0.395 e. The minimum atomic E-state index is -0.188. The zero-order valence-electron chi connectivity index (χ0n) is 18.9. The SMILES string of the molecule is CC(=O)/C(N)=C/N(N)Cc1ccc(N2CC3CC3C2)nc1.CC1CCc2nc(N)ccc21. The van der Waals surface area contributed by atoms with Crippen LogP contribution < -0.4 is 22.2 Å². The normalized spacial score (nSPS) is 23.2. The van der Waals surface area contributed by atoms with Gasteiger partial charge in [0.15, 0.2) is 5.78 Å². The monoisotopic (exact) mass is 435 g/mol. The maximum Gasteiger partial charge on any atom is 0.176 e. The average molecular weight is 436 g/mol. The molecule has 1 saturated carbocycles. The number of hydrazine groups is 1. The lowest BCUT2D eigenvalue weighted by atomic mass is 10.1. The van der Waals surface area contributed by atoms with Crippen molar-refractivity contribution >= 4 is 17.4 Å². The van der Waals surface area contributed by atoms with E-state index in [0.29, 0.717) is 18.3 Å². The number of carbonyl (C=O) groups excluding carboxylic acids is 1. The first-order chi connectivity index (χ1) is 15.3. The van der Waals surface area contributed by atoms with Crippen molar-refractivity contribution < 1.29 is 4.79 Å². The van der Waals surface area contributed by atoms with Gasteiger partial charge in [-0.05, 0) is 60.3 Å². The first kappa shape index (κ1) is 22.1. The molecule has 0 spiro atoms. The Morgan fingerprint density at radius 3 is 2.66 bits per heavy atom. The molecule has 3 unspecified atom stereocenters. The van der Waals surface area contributed by atoms with Gasteiger partial charge in [-0.2, -0.15) is 0 Å². The number of aromatic nitrogens is 2. The second kappa shape index (κ2) is 9.16. The third kappa shape index (κ3) is 5.19. The molecule has 0 bridgehead atoms. The molecule has 2 aromatic rings. The van der Waals surface area contributed by atoms with Crippen molar-refractivity contribution in [2.75, 3.05) is 23.7 Å². The standard InChI is InChI=1S/C15H21N5O.C9H12N2/c1-10(21)14(16)9-20(17)6-11-2-3-15(18-5-11)19-7-12-4-13(12)8-19;1-6-2-4-8-7(6)3-5-9(10)11-8/h2-3,5,9,12-13H,4,6-8,16-17H2,1H3;3,5-6H,2,4H2,1H3,(H2,10,11)/b14-9-;. The fraction of sp³-hybridized carbons (Fsp3) is 0.458. The minimum absolute atomic E-state index is 0.151. The van der Waals surface area contributed by atoms with Crippen molar-refractivity contribution in [2.24, 2.45) is 23.4 Å². The number of allylic oxidation sites excluding steroid dienone is 1. The second-order valence-corrected chi connectivity index (χ2v) is 9.21. The number of hydrogen-bond acceptors (Lipinski definition) is 8. The minimum Gasteiger partial charge on any atom is -0.395 e. The lowest BCUT2D eigenvalue weighted by Crippen LogP contribution is -2.27. The third-order valence-electron chi connectivity index (χ3n) is 6.56. The Labute approximate surface area is 189 Å². The molecule has 3 heterocycles. The van der Waals surface area contributed by atoms with E-state index in [2.05, 4.69) is 27.9 Å². The highest BCUT2D eigenvalue weighted by atomic mass is 16.1. The van der Waals surface area contributed by atoms with Gasteiger partial charge in [0.1, 0.15) is 11.6 Å². The zero-order chi connectivity index (χ0) is 22.8. The summed E-state index contributed by atoms with van der Waals surface area (Å²) in [5.41, 5.74) is 14.9. The number of nitrogen functional groups attached to an aromatic ring is 1. The summed E-state index contributed by atoms with van der Waals surface area (Å²) in [6, 6.07) is 8.05. The van der Waals surface area contributed by atoms with Gasteiger partial charge in [-0.1, -0.05) is 19.1 Å². The van der Waals surface area contributed by atoms with Crippen molar-refractivity contribution in [2.45, 2.75) is 45.6 Å². The fourth-order valence-corrected chi connectivity index (χ4v) is 4.50. The van der Waals surface area contributed by atoms with Crippen LogP contribution in [0, 0.1) is 11.8 Å². The van der Waals surface area contributed by atoms with Gasteiger partial charge in [0.2, 0.25) is 0 Å². The lowest BCUT2D eigenvalue weighted by Gasteiger charge is -2.19. The molecule has 32 heavy (non-hydrogen) atoms. The molecule has 0 aromatic carbocycles. The highest BCUT2D eigenvalue weighted by Crippen LogP contribution is 2.45. The second-order valence-electron chi connectivity index (χ2n) is 9.21. The number of anilines is 2. The van der Waals surface area contributed by atoms with Gasteiger partial charge in [-0.25, -0.2) is 15.8 Å². The first-order valence-corrected chi connectivity index (χ1v) is 11.2. The van der Waals surface area contributed by atoms with Gasteiger partial charge < -0.3 is 21.4 Å². The first-order valence-electron chi connectivity index (χ1n) is 11.2. The summed E-state index contributed by atoms with van der Waals surface area (Å²) in [7, 11) is 0. The van der Waals surface area contributed by atoms with Gasteiger partial charge in [0.05, 0.1) is 12.2 Å². The van der Waals surface area contributed by atoms with E-state index in [1.165, 1.54) is 42.2 Å². The van der Waals surface area contributed by atoms with Crippen molar-refractivity contribution in [3.8, 4) is 0 Å². The van der Waals surface area contributed by atoms with Gasteiger partial charge >= 0.3 is 0 Å². The number of pyridine rings is 2. The van der Waals surface area contributed by atoms with Crippen molar-refractivity contribution in [1.29, 1.82) is 0 Å². The number of fused-ring (bicyclic) bond motifs is 2. The Morgan fingerprint density at radius 1 is 1.25 bits per heavy atom. The molecule has 1 aliphatic heterocycles. The van der Waals surface area contributed by atoms with Gasteiger partial charge in [0.25, 0.3) is 0 Å². The van der Waals surface area contributed by atoms with Crippen LogP contribution in [0.2, 0.25) is 0 Å². The molecule has 3 atom stereocenters. The highest BCUT2D eigenvalue weighted by molar-refractivity contribution is 5.92. The summed E-state index contributed by atoms with van der Waals surface area (Å²) in [6.07, 6.45) is 7.00. The molecule has 6 N–H and O–H groups in total. The molecule has 0 amide bonds. The van der Waals surface area contributed by atoms with E-state index >= 15 is 0 Å². The summed E-state index contributed by atoms with van der Waals surface area (Å²) in [5.74, 6) is 9.78. The molecule has 1 saturated heterocycles. The van der Waals surface area contributed by atoms with E-state index in [1.807, 2.05) is 24.4 Å². The molecule has 5 rings (SSSR count). The maximum atomic E-state index is 11.1. The van der Waals surface area contributed by atoms with Crippen LogP contribution in [0.25, 0.3) is 0 Å². The maximum absolute atomic E-state index is 11.1. The Morgan fingerprint density at radius 2 is 2.00 bits per heavy atom. The number of rotatable bonds is 5. The molecule has 2 aliphatic carbocycles. The summed E-state index contributed by atoms with van der Waals surface area (Å²) >= 11 is 0. The van der Waals surface area contributed by atoms with Crippen molar-refractivity contribution in [3.63, 3.8) is 0 Å². The van der Waals surface area contributed by atoms with E-state index in [1.54, 1.807) is 0 Å². The Hall–Kier alpha value is -3.13. The predicted octanol–water partition coefficient (Wildman–Crippen LogP) is 2.32. The quantitative estimate of drug-likeness (QED) is 0.371. The van der Waals surface area contributed by atoms with E-state index in [0.717, 1.165) is 42.7 Å². The molecule has 170 valence electrons. The van der Waals surface area contributed by atoms with Crippen LogP contribution in [0.5, 0.6) is 0 Å². The van der Waals surface area contributed by atoms with Crippen LogP contribution in [-0.4, -0.2) is 33.8 Å². The molecule has 0 radical (unpaired) electrons. The Bertz CT molecular complexity index is 994. The number of nitrogens with zero attached hydrogens (tertiary/aromatic N) is 4. The summed E-state index contributed by atoms with van der Waals surface area (Å²) < 4.78 is 0. The number of carbonyl (C=O) groups is 1.